The molecule has 2 aromatic carbocycles. The second-order valence-electron chi connectivity index (χ2n) is 4.53. The smallest absolute Gasteiger partial charge is 0.161 e. The number of nitrogens with zero attached hydrogens (tertiary/aromatic N) is 2. The summed E-state index contributed by atoms with van der Waals surface area (Å²) in [5.41, 5.74) is 2.08. The summed E-state index contributed by atoms with van der Waals surface area (Å²) in [6.07, 6.45) is 0. The molecule has 0 saturated carbocycles. The van der Waals surface area contributed by atoms with Crippen LogP contribution in [-0.2, 0) is 0 Å². The summed E-state index contributed by atoms with van der Waals surface area (Å²) in [6.45, 7) is 1.88. The predicted octanol–water partition coefficient (Wildman–Crippen LogP) is 5.81. The summed E-state index contributed by atoms with van der Waals surface area (Å²) in [7, 11) is 0. The largest absolute Gasteiger partial charge is 0.228 e. The molecule has 2 nitrogen and oxygen atoms in total. The van der Waals surface area contributed by atoms with Gasteiger partial charge in [-0.2, -0.15) is 0 Å². The Balaban J connectivity index is 2.30. The minimum Gasteiger partial charge on any atom is -0.228 e. The Hall–Kier alpha value is -1.23. The number of rotatable bonds is 1. The van der Waals surface area contributed by atoms with E-state index in [4.69, 9.17) is 23.2 Å². The summed E-state index contributed by atoms with van der Waals surface area (Å²) in [5.74, 6) is 0.0280. The first kappa shape index (κ1) is 14.7. The van der Waals surface area contributed by atoms with Crippen molar-refractivity contribution in [3.8, 4) is 11.4 Å². The third-order valence-electron chi connectivity index (χ3n) is 3.20. The van der Waals surface area contributed by atoms with Crippen LogP contribution in [0.1, 0.15) is 5.56 Å². The van der Waals surface area contributed by atoms with Gasteiger partial charge in [0.2, 0.25) is 0 Å². The summed E-state index contributed by atoms with van der Waals surface area (Å²) in [4.78, 5) is 8.69. The van der Waals surface area contributed by atoms with Gasteiger partial charge in [-0.05, 0) is 40.5 Å². The van der Waals surface area contributed by atoms with E-state index >= 15 is 0 Å². The van der Waals surface area contributed by atoms with E-state index in [0.717, 1.165) is 11.1 Å². The zero-order valence-electron chi connectivity index (χ0n) is 10.8. The molecule has 6 heteroatoms. The lowest BCUT2D eigenvalue weighted by molar-refractivity contribution is 0.623. The van der Waals surface area contributed by atoms with E-state index < -0.39 is 5.82 Å². The van der Waals surface area contributed by atoms with Gasteiger partial charge in [0.15, 0.2) is 5.82 Å². The molecule has 0 bridgehead atoms. The molecule has 0 aliphatic carbocycles. The highest BCUT2D eigenvalue weighted by Crippen LogP contribution is 2.31. The molecule has 0 aliphatic heterocycles. The summed E-state index contributed by atoms with van der Waals surface area (Å²) in [6, 6.07) is 8.36. The van der Waals surface area contributed by atoms with Crippen LogP contribution in [0, 0.1) is 12.7 Å². The van der Waals surface area contributed by atoms with Crippen LogP contribution in [0.5, 0.6) is 0 Å². The fourth-order valence-electron chi connectivity index (χ4n) is 2.06. The topological polar surface area (TPSA) is 25.8 Å². The lowest BCUT2D eigenvalue weighted by Gasteiger charge is -2.09. The van der Waals surface area contributed by atoms with Gasteiger partial charge in [0.05, 0.1) is 9.99 Å². The van der Waals surface area contributed by atoms with Crippen molar-refractivity contribution in [2.75, 3.05) is 0 Å². The van der Waals surface area contributed by atoms with E-state index in [-0.39, 0.29) is 5.15 Å². The van der Waals surface area contributed by atoms with E-state index in [1.807, 2.05) is 19.1 Å². The Morgan fingerprint density at radius 2 is 1.90 bits per heavy atom. The zero-order valence-corrected chi connectivity index (χ0v) is 13.9. The SMILES string of the molecule is Cc1c(Cl)cccc1-c1nc(Cl)c2cc(Br)c(F)cc2n1. The highest BCUT2D eigenvalue weighted by atomic mass is 79.9. The lowest BCUT2D eigenvalue weighted by atomic mass is 10.1. The Labute approximate surface area is 139 Å². The van der Waals surface area contributed by atoms with Gasteiger partial charge in [-0.15, -0.1) is 0 Å². The van der Waals surface area contributed by atoms with Crippen LogP contribution in [0.3, 0.4) is 0 Å². The predicted molar refractivity (Wildman–Crippen MR) is 87.4 cm³/mol. The number of hydrogen-bond acceptors (Lipinski definition) is 2. The molecule has 3 aromatic rings. The van der Waals surface area contributed by atoms with Crippen LogP contribution in [0.4, 0.5) is 4.39 Å². The van der Waals surface area contributed by atoms with E-state index in [1.54, 1.807) is 12.1 Å². The van der Waals surface area contributed by atoms with Crippen molar-refractivity contribution in [2.45, 2.75) is 6.92 Å². The van der Waals surface area contributed by atoms with Gasteiger partial charge in [-0.25, -0.2) is 14.4 Å². The van der Waals surface area contributed by atoms with Crippen LogP contribution >= 0.6 is 39.1 Å². The second-order valence-corrected chi connectivity index (χ2v) is 6.15. The Kier molecular flexibility index (Phi) is 3.86. The normalized spacial score (nSPS) is 11.1. The maximum absolute atomic E-state index is 13.7. The van der Waals surface area contributed by atoms with Gasteiger partial charge in [0.25, 0.3) is 0 Å². The molecular formula is C15H8BrCl2FN2. The first-order valence-electron chi connectivity index (χ1n) is 6.05. The Morgan fingerprint density at radius 3 is 2.67 bits per heavy atom. The summed E-state index contributed by atoms with van der Waals surface area (Å²) >= 11 is 15.4. The number of benzene rings is 2. The maximum Gasteiger partial charge on any atom is 0.161 e. The van der Waals surface area contributed by atoms with E-state index in [2.05, 4.69) is 25.9 Å². The zero-order chi connectivity index (χ0) is 15.1. The quantitative estimate of drug-likeness (QED) is 0.493. The molecule has 1 aromatic heterocycles. The molecule has 21 heavy (non-hydrogen) atoms. The molecule has 1 heterocycles. The Morgan fingerprint density at radius 1 is 1.14 bits per heavy atom. The number of fused-ring (bicyclic) bond motifs is 1. The van der Waals surface area contributed by atoms with Crippen LogP contribution in [-0.4, -0.2) is 9.97 Å². The average molecular weight is 386 g/mol. The first-order chi connectivity index (χ1) is 9.97. The van der Waals surface area contributed by atoms with Crippen molar-refractivity contribution < 1.29 is 4.39 Å². The van der Waals surface area contributed by atoms with Gasteiger partial charge in [0, 0.05) is 22.0 Å². The number of hydrogen-bond donors (Lipinski definition) is 0. The van der Waals surface area contributed by atoms with Crippen molar-refractivity contribution in [3.05, 3.63) is 56.4 Å². The first-order valence-corrected chi connectivity index (χ1v) is 7.60. The third kappa shape index (κ3) is 2.63. The average Bonchev–Trinajstić information content (AvgIpc) is 2.44. The molecule has 0 amide bonds. The van der Waals surface area contributed by atoms with Crippen molar-refractivity contribution in [1.29, 1.82) is 0 Å². The van der Waals surface area contributed by atoms with Gasteiger partial charge >= 0.3 is 0 Å². The minimum atomic E-state index is -0.397. The summed E-state index contributed by atoms with van der Waals surface area (Å²) < 4.78 is 14.0. The fourth-order valence-corrected chi connectivity index (χ4v) is 2.81. The van der Waals surface area contributed by atoms with Crippen molar-refractivity contribution in [3.63, 3.8) is 0 Å². The number of halogens is 4. The molecule has 106 valence electrons. The van der Waals surface area contributed by atoms with E-state index in [9.17, 15) is 4.39 Å². The van der Waals surface area contributed by atoms with Crippen LogP contribution in [0.25, 0.3) is 22.3 Å². The van der Waals surface area contributed by atoms with E-state index in [1.165, 1.54) is 6.07 Å². The molecule has 0 radical (unpaired) electrons. The van der Waals surface area contributed by atoms with E-state index in [0.29, 0.717) is 26.2 Å². The molecule has 0 spiro atoms. The van der Waals surface area contributed by atoms with Crippen LogP contribution in [0.15, 0.2) is 34.8 Å². The molecule has 0 atom stereocenters. The van der Waals surface area contributed by atoms with Gasteiger partial charge in [-0.1, -0.05) is 35.3 Å². The lowest BCUT2D eigenvalue weighted by Crippen LogP contribution is -1.95. The van der Waals surface area contributed by atoms with Crippen molar-refractivity contribution in [2.24, 2.45) is 0 Å². The molecule has 0 N–H and O–H groups in total. The molecule has 0 unspecified atom stereocenters. The third-order valence-corrected chi connectivity index (χ3v) is 4.51. The minimum absolute atomic E-state index is 0.273. The van der Waals surface area contributed by atoms with Crippen molar-refractivity contribution in [1.82, 2.24) is 9.97 Å². The van der Waals surface area contributed by atoms with Gasteiger partial charge < -0.3 is 0 Å². The van der Waals surface area contributed by atoms with Crippen molar-refractivity contribution >= 4 is 50.0 Å². The standard InChI is InChI=1S/C15H8BrCl2FN2/c1-7-8(3-2-4-11(7)17)15-20-13-6-12(19)10(16)5-9(13)14(18)21-15/h2-6H,1H3. The monoisotopic (exact) mass is 384 g/mol. The molecule has 3 rings (SSSR count). The molecular weight excluding hydrogens is 378 g/mol. The fraction of sp³-hybridized carbons (Fsp3) is 0.0667. The number of aromatic nitrogens is 2. The van der Waals surface area contributed by atoms with Crippen LogP contribution in [0.2, 0.25) is 10.2 Å². The molecule has 0 fully saturated rings. The highest BCUT2D eigenvalue weighted by Gasteiger charge is 2.13. The molecule has 0 aliphatic rings. The highest BCUT2D eigenvalue weighted by molar-refractivity contribution is 9.10. The molecule has 0 saturated heterocycles. The second kappa shape index (κ2) is 5.52. The van der Waals surface area contributed by atoms with Gasteiger partial charge in [0.1, 0.15) is 11.0 Å². The van der Waals surface area contributed by atoms with Gasteiger partial charge in [-0.3, -0.25) is 0 Å². The maximum atomic E-state index is 13.7. The van der Waals surface area contributed by atoms with Crippen LogP contribution < -0.4 is 0 Å². The summed E-state index contributed by atoms with van der Waals surface area (Å²) in [5, 5.41) is 1.48. The Bertz CT molecular complexity index is 868.